The van der Waals surface area contributed by atoms with Crippen LogP contribution in [0.4, 0.5) is 4.79 Å². The van der Waals surface area contributed by atoms with Gasteiger partial charge in [0.1, 0.15) is 6.04 Å². The van der Waals surface area contributed by atoms with E-state index in [1.165, 1.54) is 0 Å². The van der Waals surface area contributed by atoms with Crippen LogP contribution >= 0.6 is 23.5 Å². The van der Waals surface area contributed by atoms with Crippen LogP contribution in [0.1, 0.15) is 6.42 Å². The highest BCUT2D eigenvalue weighted by atomic mass is 32.2. The number of amides is 2. The predicted octanol–water partition coefficient (Wildman–Crippen LogP) is 0.230. The minimum Gasteiger partial charge on any atom is -0.481 e. The van der Waals surface area contributed by atoms with E-state index in [0.29, 0.717) is 18.1 Å². The van der Waals surface area contributed by atoms with E-state index in [0.717, 1.165) is 17.5 Å². The van der Waals surface area contributed by atoms with Gasteiger partial charge >= 0.3 is 5.97 Å². The molecule has 2 amide bonds. The number of aliphatic carboxylic acids is 1. The Labute approximate surface area is 113 Å². The third-order valence-electron chi connectivity index (χ3n) is 2.89. The van der Waals surface area contributed by atoms with Gasteiger partial charge in [0, 0.05) is 23.8 Å². The van der Waals surface area contributed by atoms with Crippen molar-refractivity contribution >= 4 is 40.6 Å². The molecule has 0 radical (unpaired) electrons. The topological polar surface area (TPSA) is 86.7 Å². The molecule has 2 unspecified atom stereocenters. The number of carboxylic acids is 1. The molecule has 2 saturated heterocycles. The molecule has 0 saturated carbocycles. The fourth-order valence-electron chi connectivity index (χ4n) is 2.03. The van der Waals surface area contributed by atoms with Crippen molar-refractivity contribution in [2.45, 2.75) is 18.5 Å². The summed E-state index contributed by atoms with van der Waals surface area (Å²) in [5.41, 5.74) is 0. The van der Waals surface area contributed by atoms with Crippen LogP contribution in [0.25, 0.3) is 0 Å². The van der Waals surface area contributed by atoms with Gasteiger partial charge in [-0.05, 0) is 0 Å². The number of carboxylic acid groups (broad SMARTS) is 1. The van der Waals surface area contributed by atoms with Crippen LogP contribution in [0.3, 0.4) is 0 Å². The van der Waals surface area contributed by atoms with Crippen molar-refractivity contribution < 1.29 is 19.5 Å². The first kappa shape index (κ1) is 13.5. The minimum absolute atomic E-state index is 0.0352. The van der Waals surface area contributed by atoms with Crippen LogP contribution in [0, 0.1) is 0 Å². The lowest BCUT2D eigenvalue weighted by atomic mass is 10.1. The summed E-state index contributed by atoms with van der Waals surface area (Å²) in [6.07, 6.45) is -0.0352. The van der Waals surface area contributed by atoms with Crippen LogP contribution in [0.15, 0.2) is 0 Å². The van der Waals surface area contributed by atoms with Crippen molar-refractivity contribution in [3.05, 3.63) is 0 Å². The summed E-state index contributed by atoms with van der Waals surface area (Å²) in [7, 11) is 0. The molecule has 0 bridgehead atoms. The zero-order valence-corrected chi connectivity index (χ0v) is 11.3. The molecule has 8 heteroatoms. The Morgan fingerprint density at radius 3 is 2.83 bits per heavy atom. The SMILES string of the molecule is O=C(O)CC1CSCCN1C(=O)C1CSC(=O)N1. The Kier molecular flexibility index (Phi) is 4.39. The zero-order chi connectivity index (χ0) is 13.1. The molecule has 2 fully saturated rings. The summed E-state index contributed by atoms with van der Waals surface area (Å²) < 4.78 is 0. The Morgan fingerprint density at radius 2 is 2.22 bits per heavy atom. The smallest absolute Gasteiger partial charge is 0.305 e. The van der Waals surface area contributed by atoms with Crippen molar-refractivity contribution in [1.82, 2.24) is 10.2 Å². The molecule has 18 heavy (non-hydrogen) atoms. The van der Waals surface area contributed by atoms with Crippen molar-refractivity contribution in [3.63, 3.8) is 0 Å². The molecular formula is C10H14N2O4S2. The van der Waals surface area contributed by atoms with Gasteiger partial charge in [0.15, 0.2) is 0 Å². The average Bonchev–Trinajstić information content (AvgIpc) is 2.75. The number of nitrogens with zero attached hydrogens (tertiary/aromatic N) is 1. The molecule has 2 aliphatic rings. The molecular weight excluding hydrogens is 276 g/mol. The van der Waals surface area contributed by atoms with Gasteiger partial charge in [0.25, 0.3) is 5.24 Å². The second-order valence-electron chi connectivity index (χ2n) is 4.15. The van der Waals surface area contributed by atoms with E-state index in [9.17, 15) is 14.4 Å². The van der Waals surface area contributed by atoms with Gasteiger partial charge in [-0.15, -0.1) is 0 Å². The van der Waals surface area contributed by atoms with Gasteiger partial charge in [0.05, 0.1) is 12.5 Å². The Hall–Kier alpha value is -0.890. The van der Waals surface area contributed by atoms with Gasteiger partial charge in [-0.25, -0.2) is 0 Å². The van der Waals surface area contributed by atoms with Crippen LogP contribution in [-0.2, 0) is 9.59 Å². The maximum atomic E-state index is 12.2. The molecule has 2 atom stereocenters. The number of nitrogens with one attached hydrogen (secondary N) is 1. The fraction of sp³-hybridized carbons (Fsp3) is 0.700. The van der Waals surface area contributed by atoms with E-state index < -0.39 is 12.0 Å². The van der Waals surface area contributed by atoms with E-state index in [2.05, 4.69) is 5.32 Å². The van der Waals surface area contributed by atoms with Crippen LogP contribution in [-0.4, -0.2) is 63.0 Å². The first-order valence-corrected chi connectivity index (χ1v) is 7.75. The number of carbonyl (C=O) groups is 3. The molecule has 2 aliphatic heterocycles. The Bertz CT molecular complexity index is 377. The predicted molar refractivity (Wildman–Crippen MR) is 69.9 cm³/mol. The van der Waals surface area contributed by atoms with Crippen LogP contribution < -0.4 is 5.32 Å². The highest BCUT2D eigenvalue weighted by Gasteiger charge is 2.36. The van der Waals surface area contributed by atoms with Gasteiger partial charge in [0.2, 0.25) is 5.91 Å². The maximum Gasteiger partial charge on any atom is 0.305 e. The highest BCUT2D eigenvalue weighted by molar-refractivity contribution is 8.14. The van der Waals surface area contributed by atoms with E-state index >= 15 is 0 Å². The van der Waals surface area contributed by atoms with Crippen LogP contribution in [0.5, 0.6) is 0 Å². The van der Waals surface area contributed by atoms with E-state index in [1.54, 1.807) is 16.7 Å². The molecule has 2 N–H and O–H groups in total. The van der Waals surface area contributed by atoms with Gasteiger partial charge in [-0.1, -0.05) is 11.8 Å². The lowest BCUT2D eigenvalue weighted by Gasteiger charge is -2.36. The fourth-order valence-corrected chi connectivity index (χ4v) is 3.87. The molecule has 2 heterocycles. The number of rotatable bonds is 3. The first-order chi connectivity index (χ1) is 8.58. The average molecular weight is 290 g/mol. The summed E-state index contributed by atoms with van der Waals surface area (Å²) in [5.74, 6) is 0.841. The quantitative estimate of drug-likeness (QED) is 0.774. The van der Waals surface area contributed by atoms with Crippen molar-refractivity contribution in [3.8, 4) is 0 Å². The van der Waals surface area contributed by atoms with Gasteiger partial charge in [-0.3, -0.25) is 14.4 Å². The zero-order valence-electron chi connectivity index (χ0n) is 9.63. The summed E-state index contributed by atoms with van der Waals surface area (Å²) in [6.45, 7) is 0.554. The molecule has 2 rings (SSSR count). The first-order valence-electron chi connectivity index (χ1n) is 5.61. The monoisotopic (exact) mass is 290 g/mol. The summed E-state index contributed by atoms with van der Waals surface area (Å²) in [5, 5.41) is 11.3. The Balaban J connectivity index is 2.01. The van der Waals surface area contributed by atoms with E-state index in [4.69, 9.17) is 5.11 Å². The van der Waals surface area contributed by atoms with Gasteiger partial charge in [-0.2, -0.15) is 11.8 Å². The van der Waals surface area contributed by atoms with E-state index in [1.807, 2.05) is 0 Å². The lowest BCUT2D eigenvalue weighted by Crippen LogP contribution is -2.53. The largest absolute Gasteiger partial charge is 0.481 e. The molecule has 0 aromatic rings. The molecule has 0 aromatic carbocycles. The minimum atomic E-state index is -0.898. The summed E-state index contributed by atoms with van der Waals surface area (Å²) in [6, 6.07) is -0.766. The number of carbonyl (C=O) groups excluding carboxylic acids is 2. The summed E-state index contributed by atoms with van der Waals surface area (Å²) in [4.78, 5) is 35.7. The molecule has 0 aromatic heterocycles. The van der Waals surface area contributed by atoms with E-state index in [-0.39, 0.29) is 23.6 Å². The van der Waals surface area contributed by atoms with Crippen molar-refractivity contribution in [2.75, 3.05) is 23.8 Å². The second-order valence-corrected chi connectivity index (χ2v) is 6.30. The van der Waals surface area contributed by atoms with Crippen LogP contribution in [0.2, 0.25) is 0 Å². The number of thioether (sulfide) groups is 2. The molecule has 6 nitrogen and oxygen atoms in total. The van der Waals surface area contributed by atoms with Crippen molar-refractivity contribution in [2.24, 2.45) is 0 Å². The molecule has 0 spiro atoms. The van der Waals surface area contributed by atoms with Crippen molar-refractivity contribution in [1.29, 1.82) is 0 Å². The lowest BCUT2D eigenvalue weighted by molar-refractivity contribution is -0.140. The number of hydrogen-bond donors (Lipinski definition) is 2. The Morgan fingerprint density at radius 1 is 1.44 bits per heavy atom. The third-order valence-corrected chi connectivity index (χ3v) is 4.86. The van der Waals surface area contributed by atoms with Gasteiger partial charge < -0.3 is 15.3 Å². The highest BCUT2D eigenvalue weighted by Crippen LogP contribution is 2.22. The normalized spacial score (nSPS) is 28.0. The third kappa shape index (κ3) is 3.11. The molecule has 100 valence electrons. The number of hydrogen-bond acceptors (Lipinski definition) is 5. The maximum absolute atomic E-state index is 12.2. The second kappa shape index (κ2) is 5.83. The molecule has 0 aliphatic carbocycles. The summed E-state index contributed by atoms with van der Waals surface area (Å²) >= 11 is 2.75. The standard InChI is InChI=1S/C10H14N2O4S2/c13-8(14)3-6-4-17-2-1-12(6)9(15)7-5-18-10(16)11-7/h6-7H,1-5H2,(H,11,16)(H,13,14).